The standard InChI is InChI=1S/C26H29N3O2/c1-3-18(2)27-26(31)23-17-22(12-13-24(23)29-14-6-7-15-29)28-25(30)21-11-10-19-8-4-5-9-20(19)16-21/h4-5,8-13,16-18H,3,6-7,14-15H2,1-2H3,(H,27,31)(H,28,30)/t18-/m0/s1. The summed E-state index contributed by atoms with van der Waals surface area (Å²) < 4.78 is 0. The van der Waals surface area contributed by atoms with Gasteiger partial charge in [0.25, 0.3) is 11.8 Å². The van der Waals surface area contributed by atoms with Gasteiger partial charge >= 0.3 is 0 Å². The zero-order chi connectivity index (χ0) is 21.8. The van der Waals surface area contributed by atoms with Crippen molar-refractivity contribution < 1.29 is 9.59 Å². The third-order valence-electron chi connectivity index (χ3n) is 5.95. The molecule has 1 saturated heterocycles. The summed E-state index contributed by atoms with van der Waals surface area (Å²) in [6, 6.07) is 19.3. The molecule has 0 radical (unpaired) electrons. The van der Waals surface area contributed by atoms with E-state index in [9.17, 15) is 9.59 Å². The maximum Gasteiger partial charge on any atom is 0.255 e. The van der Waals surface area contributed by atoms with Gasteiger partial charge in [-0.1, -0.05) is 37.3 Å². The number of amides is 2. The Kier molecular flexibility index (Phi) is 6.21. The number of benzene rings is 3. The average molecular weight is 416 g/mol. The zero-order valence-corrected chi connectivity index (χ0v) is 18.2. The van der Waals surface area contributed by atoms with Crippen LogP contribution in [0.4, 0.5) is 11.4 Å². The number of fused-ring (bicyclic) bond motifs is 1. The summed E-state index contributed by atoms with van der Waals surface area (Å²) in [6.45, 7) is 5.95. The van der Waals surface area contributed by atoms with Crippen molar-refractivity contribution in [2.75, 3.05) is 23.3 Å². The zero-order valence-electron chi connectivity index (χ0n) is 18.2. The summed E-state index contributed by atoms with van der Waals surface area (Å²) in [7, 11) is 0. The number of hydrogen-bond acceptors (Lipinski definition) is 3. The smallest absolute Gasteiger partial charge is 0.255 e. The van der Waals surface area contributed by atoms with Gasteiger partial charge in [-0.25, -0.2) is 0 Å². The first-order valence-electron chi connectivity index (χ1n) is 11.0. The maximum absolute atomic E-state index is 13.0. The second kappa shape index (κ2) is 9.21. The van der Waals surface area contributed by atoms with Crippen LogP contribution in [0.5, 0.6) is 0 Å². The molecule has 0 unspecified atom stereocenters. The molecule has 0 aromatic heterocycles. The Morgan fingerprint density at radius 2 is 1.68 bits per heavy atom. The normalized spacial score (nSPS) is 14.5. The predicted octanol–water partition coefficient (Wildman–Crippen LogP) is 5.22. The number of nitrogens with zero attached hydrogens (tertiary/aromatic N) is 1. The van der Waals surface area contributed by atoms with Gasteiger partial charge in [-0.3, -0.25) is 9.59 Å². The molecule has 1 aliphatic heterocycles. The van der Waals surface area contributed by atoms with Crippen molar-refractivity contribution >= 4 is 34.0 Å². The number of carbonyl (C=O) groups excluding carboxylic acids is 2. The average Bonchev–Trinajstić information content (AvgIpc) is 3.33. The Labute approximate surface area is 183 Å². The molecule has 4 rings (SSSR count). The SMILES string of the molecule is CC[C@H](C)NC(=O)c1cc(NC(=O)c2ccc3ccccc3c2)ccc1N1CCCC1. The van der Waals surface area contributed by atoms with E-state index in [2.05, 4.69) is 15.5 Å². The molecule has 3 aromatic rings. The van der Waals surface area contributed by atoms with Crippen molar-refractivity contribution in [3.8, 4) is 0 Å². The van der Waals surface area contributed by atoms with Gasteiger partial charge in [0.1, 0.15) is 0 Å². The van der Waals surface area contributed by atoms with Crippen molar-refractivity contribution in [2.45, 2.75) is 39.2 Å². The third-order valence-corrected chi connectivity index (χ3v) is 5.95. The Morgan fingerprint density at radius 3 is 2.42 bits per heavy atom. The van der Waals surface area contributed by atoms with Crippen LogP contribution in [-0.4, -0.2) is 30.9 Å². The molecule has 5 heteroatoms. The van der Waals surface area contributed by atoms with Gasteiger partial charge in [0, 0.05) is 36.1 Å². The van der Waals surface area contributed by atoms with Gasteiger partial charge < -0.3 is 15.5 Å². The van der Waals surface area contributed by atoms with E-state index < -0.39 is 0 Å². The summed E-state index contributed by atoms with van der Waals surface area (Å²) in [5.74, 6) is -0.286. The molecular weight excluding hydrogens is 386 g/mol. The molecule has 1 heterocycles. The molecule has 2 amide bonds. The molecule has 1 atom stereocenters. The number of rotatable bonds is 6. The van der Waals surface area contributed by atoms with E-state index >= 15 is 0 Å². The quantitative estimate of drug-likeness (QED) is 0.580. The molecule has 5 nitrogen and oxygen atoms in total. The van der Waals surface area contributed by atoms with Crippen LogP contribution < -0.4 is 15.5 Å². The lowest BCUT2D eigenvalue weighted by molar-refractivity contribution is 0.0938. The first-order valence-corrected chi connectivity index (χ1v) is 11.0. The Balaban J connectivity index is 1.60. The van der Waals surface area contributed by atoms with E-state index in [0.717, 1.165) is 48.8 Å². The molecule has 0 bridgehead atoms. The van der Waals surface area contributed by atoms with Gasteiger partial charge in [-0.2, -0.15) is 0 Å². The highest BCUT2D eigenvalue weighted by Gasteiger charge is 2.21. The van der Waals surface area contributed by atoms with Crippen molar-refractivity contribution in [1.29, 1.82) is 0 Å². The van der Waals surface area contributed by atoms with E-state index in [1.54, 1.807) is 6.07 Å². The lowest BCUT2D eigenvalue weighted by Gasteiger charge is -2.23. The van der Waals surface area contributed by atoms with Crippen LogP contribution in [0.15, 0.2) is 60.7 Å². The van der Waals surface area contributed by atoms with E-state index in [0.29, 0.717) is 16.8 Å². The number of nitrogens with one attached hydrogen (secondary N) is 2. The Morgan fingerprint density at radius 1 is 0.935 bits per heavy atom. The highest BCUT2D eigenvalue weighted by Crippen LogP contribution is 2.28. The molecular formula is C26H29N3O2. The fourth-order valence-electron chi connectivity index (χ4n) is 3.97. The molecule has 0 saturated carbocycles. The number of hydrogen-bond donors (Lipinski definition) is 2. The lowest BCUT2D eigenvalue weighted by Crippen LogP contribution is -2.33. The summed E-state index contributed by atoms with van der Waals surface area (Å²) >= 11 is 0. The summed E-state index contributed by atoms with van der Waals surface area (Å²) in [4.78, 5) is 28.1. The van der Waals surface area contributed by atoms with E-state index in [-0.39, 0.29) is 17.9 Å². The Hall–Kier alpha value is -3.34. The summed E-state index contributed by atoms with van der Waals surface area (Å²) in [5.41, 5.74) is 2.75. The minimum Gasteiger partial charge on any atom is -0.371 e. The minimum absolute atomic E-state index is 0.0924. The number of anilines is 2. The third kappa shape index (κ3) is 4.71. The molecule has 3 aromatic carbocycles. The van der Waals surface area contributed by atoms with Crippen LogP contribution in [0.1, 0.15) is 53.8 Å². The van der Waals surface area contributed by atoms with Gasteiger partial charge in [0.15, 0.2) is 0 Å². The molecule has 1 aliphatic rings. The molecule has 0 spiro atoms. The van der Waals surface area contributed by atoms with E-state index in [4.69, 9.17) is 0 Å². The number of carbonyl (C=O) groups is 2. The molecule has 1 fully saturated rings. The van der Waals surface area contributed by atoms with Crippen molar-refractivity contribution in [3.63, 3.8) is 0 Å². The van der Waals surface area contributed by atoms with Gasteiger partial charge in [-0.15, -0.1) is 0 Å². The van der Waals surface area contributed by atoms with E-state index in [1.807, 2.05) is 68.4 Å². The molecule has 0 aliphatic carbocycles. The van der Waals surface area contributed by atoms with Crippen LogP contribution in [0.2, 0.25) is 0 Å². The van der Waals surface area contributed by atoms with Gasteiger partial charge in [0.05, 0.1) is 5.56 Å². The molecule has 2 N–H and O–H groups in total. The van der Waals surface area contributed by atoms with Crippen LogP contribution in [-0.2, 0) is 0 Å². The van der Waals surface area contributed by atoms with Crippen molar-refractivity contribution in [1.82, 2.24) is 5.32 Å². The second-order valence-electron chi connectivity index (χ2n) is 8.22. The van der Waals surface area contributed by atoms with Crippen LogP contribution in [0.3, 0.4) is 0 Å². The molecule has 31 heavy (non-hydrogen) atoms. The minimum atomic E-state index is -0.187. The Bertz CT molecular complexity index is 1100. The van der Waals surface area contributed by atoms with Gasteiger partial charge in [0.2, 0.25) is 0 Å². The second-order valence-corrected chi connectivity index (χ2v) is 8.22. The fourth-order valence-corrected chi connectivity index (χ4v) is 3.97. The van der Waals surface area contributed by atoms with Crippen molar-refractivity contribution in [3.05, 3.63) is 71.8 Å². The highest BCUT2D eigenvalue weighted by atomic mass is 16.2. The van der Waals surface area contributed by atoms with E-state index in [1.165, 1.54) is 0 Å². The summed E-state index contributed by atoms with van der Waals surface area (Å²) in [5, 5.41) is 8.15. The largest absolute Gasteiger partial charge is 0.371 e. The topological polar surface area (TPSA) is 61.4 Å². The van der Waals surface area contributed by atoms with Crippen molar-refractivity contribution in [2.24, 2.45) is 0 Å². The summed E-state index contributed by atoms with van der Waals surface area (Å²) in [6.07, 6.45) is 3.13. The highest BCUT2D eigenvalue weighted by molar-refractivity contribution is 6.08. The van der Waals surface area contributed by atoms with Crippen LogP contribution >= 0.6 is 0 Å². The van der Waals surface area contributed by atoms with Gasteiger partial charge in [-0.05, 0) is 67.3 Å². The molecule has 160 valence electrons. The maximum atomic E-state index is 13.0. The lowest BCUT2D eigenvalue weighted by atomic mass is 10.1. The van der Waals surface area contributed by atoms with Crippen LogP contribution in [0, 0.1) is 0 Å². The first-order chi connectivity index (χ1) is 15.0. The fraction of sp³-hybridized carbons (Fsp3) is 0.308. The first kappa shape index (κ1) is 20.9. The predicted molar refractivity (Wildman–Crippen MR) is 127 cm³/mol. The van der Waals surface area contributed by atoms with Crippen LogP contribution in [0.25, 0.3) is 10.8 Å². The monoisotopic (exact) mass is 415 g/mol.